The molecule has 4 rings (SSSR count). The number of hydrogen-bond acceptors (Lipinski definition) is 5. The van der Waals surface area contributed by atoms with E-state index in [2.05, 4.69) is 20.5 Å². The zero-order chi connectivity index (χ0) is 27.3. The zero-order valence-electron chi connectivity index (χ0n) is 20.6. The van der Waals surface area contributed by atoms with Gasteiger partial charge >= 0.3 is 12.3 Å². The molecule has 38 heavy (non-hydrogen) atoms. The third-order valence-corrected chi connectivity index (χ3v) is 6.24. The van der Waals surface area contributed by atoms with E-state index in [-0.39, 0.29) is 23.7 Å². The summed E-state index contributed by atoms with van der Waals surface area (Å²) in [7, 11) is 0. The first-order valence-electron chi connectivity index (χ1n) is 12.0. The Hall–Kier alpha value is -4.12. The summed E-state index contributed by atoms with van der Waals surface area (Å²) in [5.41, 5.74) is 1.34. The van der Waals surface area contributed by atoms with Crippen LogP contribution in [0.1, 0.15) is 40.1 Å². The van der Waals surface area contributed by atoms with Gasteiger partial charge in [-0.05, 0) is 53.4 Å². The van der Waals surface area contributed by atoms with Gasteiger partial charge in [0.2, 0.25) is 0 Å². The average molecular weight is 529 g/mol. The van der Waals surface area contributed by atoms with Crippen molar-refractivity contribution < 1.29 is 32.6 Å². The number of nitrogens with one attached hydrogen (secondary N) is 2. The van der Waals surface area contributed by atoms with Gasteiger partial charge in [-0.1, -0.05) is 36.4 Å². The molecule has 1 atom stereocenters. The number of alkyl halides is 3. The Morgan fingerprint density at radius 2 is 1.79 bits per heavy atom. The number of aromatic nitrogens is 1. The number of carboxylic acid groups (broad SMARTS) is 1. The molecule has 11 heteroatoms. The number of nitrogens with zero attached hydrogens (tertiary/aromatic N) is 2. The number of benzene rings is 2. The van der Waals surface area contributed by atoms with E-state index in [1.807, 2.05) is 6.07 Å². The van der Waals surface area contributed by atoms with Crippen molar-refractivity contribution in [3.05, 3.63) is 83.0 Å². The lowest BCUT2D eigenvalue weighted by atomic mass is 9.95. The Bertz CT molecular complexity index is 1290. The van der Waals surface area contributed by atoms with Gasteiger partial charge in [0.25, 0.3) is 5.91 Å². The molecule has 3 N–H and O–H groups in total. The van der Waals surface area contributed by atoms with E-state index >= 15 is 0 Å². The van der Waals surface area contributed by atoms with Crippen molar-refractivity contribution in [3.63, 3.8) is 0 Å². The second-order valence-electron chi connectivity index (χ2n) is 8.83. The van der Waals surface area contributed by atoms with E-state index in [1.54, 1.807) is 43.3 Å². The van der Waals surface area contributed by atoms with E-state index in [9.17, 15) is 22.8 Å². The maximum atomic E-state index is 13.3. The van der Waals surface area contributed by atoms with E-state index in [0.29, 0.717) is 43.2 Å². The predicted molar refractivity (Wildman–Crippen MR) is 135 cm³/mol. The third kappa shape index (κ3) is 6.60. The molecule has 0 spiro atoms. The lowest BCUT2D eigenvalue weighted by molar-refractivity contribution is -0.137. The molecule has 2 aromatic carbocycles. The smallest absolute Gasteiger partial charge is 0.416 e. The van der Waals surface area contributed by atoms with Crippen LogP contribution in [0.2, 0.25) is 0 Å². The van der Waals surface area contributed by atoms with Crippen molar-refractivity contribution in [1.82, 2.24) is 15.6 Å². The summed E-state index contributed by atoms with van der Waals surface area (Å²) in [6.45, 7) is 4.24. The number of carbonyl (C=O) groups excluding carboxylic acids is 1. The van der Waals surface area contributed by atoms with Crippen molar-refractivity contribution in [2.75, 3.05) is 31.2 Å². The van der Waals surface area contributed by atoms with Crippen LogP contribution in [0.25, 0.3) is 11.1 Å². The fraction of sp³-hybridized carbons (Fsp3) is 0.296. The van der Waals surface area contributed by atoms with Gasteiger partial charge in [-0.3, -0.25) is 4.79 Å². The number of hydrogen-bond donors (Lipinski definition) is 3. The fourth-order valence-electron chi connectivity index (χ4n) is 4.17. The molecule has 200 valence electrons. The SMILES string of the molecule is C[C@@H](NC(=O)c1cccc(N2CCOCC2)n1)c1ccc(-c2cc(C(F)(F)F)ccc2CNC(=O)O)cc1. The van der Waals surface area contributed by atoms with E-state index in [4.69, 9.17) is 9.84 Å². The first kappa shape index (κ1) is 26.9. The number of halogens is 3. The Morgan fingerprint density at radius 3 is 2.45 bits per heavy atom. The number of anilines is 1. The van der Waals surface area contributed by atoms with Crippen molar-refractivity contribution in [2.45, 2.75) is 25.7 Å². The highest BCUT2D eigenvalue weighted by atomic mass is 19.4. The number of pyridine rings is 1. The van der Waals surface area contributed by atoms with Gasteiger partial charge in [0.1, 0.15) is 11.5 Å². The molecular formula is C27H27F3N4O4. The molecular weight excluding hydrogens is 501 g/mol. The summed E-state index contributed by atoms with van der Waals surface area (Å²) in [6.07, 6.45) is -5.82. The summed E-state index contributed by atoms with van der Waals surface area (Å²) < 4.78 is 45.3. The molecule has 2 heterocycles. The summed E-state index contributed by atoms with van der Waals surface area (Å²) in [5.74, 6) is 0.351. The van der Waals surface area contributed by atoms with Crippen molar-refractivity contribution >= 4 is 17.8 Å². The maximum Gasteiger partial charge on any atom is 0.416 e. The molecule has 0 radical (unpaired) electrons. The van der Waals surface area contributed by atoms with Crippen LogP contribution in [0.5, 0.6) is 0 Å². The molecule has 1 aromatic heterocycles. The molecule has 0 saturated carbocycles. The zero-order valence-corrected chi connectivity index (χ0v) is 20.6. The Balaban J connectivity index is 1.50. The monoisotopic (exact) mass is 528 g/mol. The van der Waals surface area contributed by atoms with Crippen LogP contribution >= 0.6 is 0 Å². The molecule has 0 unspecified atom stereocenters. The highest BCUT2D eigenvalue weighted by Crippen LogP contribution is 2.34. The van der Waals surface area contributed by atoms with Crippen LogP contribution in [0, 0.1) is 0 Å². The summed E-state index contributed by atoms with van der Waals surface area (Å²) in [5, 5.41) is 14.0. The Morgan fingerprint density at radius 1 is 1.08 bits per heavy atom. The molecule has 1 fully saturated rings. The van der Waals surface area contributed by atoms with E-state index < -0.39 is 23.9 Å². The third-order valence-electron chi connectivity index (χ3n) is 6.24. The van der Waals surface area contributed by atoms with Crippen LogP contribution < -0.4 is 15.5 Å². The van der Waals surface area contributed by atoms with Gasteiger partial charge in [0, 0.05) is 19.6 Å². The van der Waals surface area contributed by atoms with Crippen LogP contribution in [0.15, 0.2) is 60.7 Å². The van der Waals surface area contributed by atoms with Crippen LogP contribution in [-0.2, 0) is 17.5 Å². The van der Waals surface area contributed by atoms with Gasteiger partial charge in [-0.2, -0.15) is 13.2 Å². The van der Waals surface area contributed by atoms with Crippen molar-refractivity contribution in [3.8, 4) is 11.1 Å². The quantitative estimate of drug-likeness (QED) is 0.405. The first-order valence-corrected chi connectivity index (χ1v) is 12.0. The highest BCUT2D eigenvalue weighted by molar-refractivity contribution is 5.93. The van der Waals surface area contributed by atoms with Crippen LogP contribution in [0.4, 0.5) is 23.8 Å². The number of ether oxygens (including phenoxy) is 1. The maximum absolute atomic E-state index is 13.3. The molecule has 2 amide bonds. The lowest BCUT2D eigenvalue weighted by Gasteiger charge is -2.28. The average Bonchev–Trinajstić information content (AvgIpc) is 2.92. The molecule has 0 aliphatic carbocycles. The normalized spacial score (nSPS) is 14.6. The minimum atomic E-state index is -4.54. The Labute approximate surface area is 217 Å². The van der Waals surface area contributed by atoms with Gasteiger partial charge in [-0.15, -0.1) is 0 Å². The topological polar surface area (TPSA) is 104 Å². The fourth-order valence-corrected chi connectivity index (χ4v) is 4.17. The predicted octanol–water partition coefficient (Wildman–Crippen LogP) is 4.86. The van der Waals surface area contributed by atoms with E-state index in [1.165, 1.54) is 6.07 Å². The standard InChI is InChI=1S/C27H27F3N4O4/c1-17(32-25(35)23-3-2-4-24(33-23)34-11-13-38-14-12-34)18-5-7-19(8-6-18)22-15-21(27(28,29)30)10-9-20(22)16-31-26(36)37/h2-10,15,17,31H,11-14,16H2,1H3,(H,32,35)(H,36,37)/t17-/m1/s1. The largest absolute Gasteiger partial charge is 0.465 e. The number of carbonyl (C=O) groups is 2. The summed E-state index contributed by atoms with van der Waals surface area (Å²) in [4.78, 5) is 30.3. The van der Waals surface area contributed by atoms with Crippen LogP contribution in [-0.4, -0.2) is 48.4 Å². The Kier molecular flexibility index (Phi) is 8.16. The molecule has 1 aliphatic heterocycles. The second kappa shape index (κ2) is 11.5. The van der Waals surface area contributed by atoms with Crippen molar-refractivity contribution in [2.24, 2.45) is 0 Å². The molecule has 8 nitrogen and oxygen atoms in total. The number of morpholine rings is 1. The van der Waals surface area contributed by atoms with Gasteiger partial charge in [0.05, 0.1) is 24.8 Å². The minimum Gasteiger partial charge on any atom is -0.465 e. The first-order chi connectivity index (χ1) is 18.1. The summed E-state index contributed by atoms with van der Waals surface area (Å²) >= 11 is 0. The molecule has 1 saturated heterocycles. The lowest BCUT2D eigenvalue weighted by Crippen LogP contribution is -2.37. The van der Waals surface area contributed by atoms with Crippen molar-refractivity contribution in [1.29, 1.82) is 0 Å². The second-order valence-corrected chi connectivity index (χ2v) is 8.83. The molecule has 3 aromatic rings. The van der Waals surface area contributed by atoms with E-state index in [0.717, 1.165) is 17.7 Å². The van der Waals surface area contributed by atoms with Crippen LogP contribution in [0.3, 0.4) is 0 Å². The van der Waals surface area contributed by atoms with Gasteiger partial charge in [0.15, 0.2) is 0 Å². The number of amides is 2. The highest BCUT2D eigenvalue weighted by Gasteiger charge is 2.31. The molecule has 0 bridgehead atoms. The van der Waals surface area contributed by atoms with Gasteiger partial charge in [-0.25, -0.2) is 9.78 Å². The number of rotatable bonds is 7. The minimum absolute atomic E-state index is 0.145. The van der Waals surface area contributed by atoms with Gasteiger partial charge < -0.3 is 25.4 Å². The summed E-state index contributed by atoms with van der Waals surface area (Å²) in [6, 6.07) is 14.8. The molecule has 1 aliphatic rings.